The van der Waals surface area contributed by atoms with Crippen molar-refractivity contribution in [3.63, 3.8) is 0 Å². The molecule has 2 heterocycles. The Morgan fingerprint density at radius 3 is 2.44 bits per heavy atom. The minimum absolute atomic E-state index is 0.0720. The van der Waals surface area contributed by atoms with E-state index in [1.165, 1.54) is 47.6 Å². The molecule has 0 radical (unpaired) electrons. The summed E-state index contributed by atoms with van der Waals surface area (Å²) in [6.07, 6.45) is 2.29. The fourth-order valence-corrected chi connectivity index (χ4v) is 7.10. The smallest absolute Gasteiger partial charge is 0.243 e. The van der Waals surface area contributed by atoms with Crippen molar-refractivity contribution in [1.82, 2.24) is 19.8 Å². The summed E-state index contributed by atoms with van der Waals surface area (Å²) in [5.41, 5.74) is 0.837. The van der Waals surface area contributed by atoms with Crippen LogP contribution >= 0.6 is 0 Å². The van der Waals surface area contributed by atoms with Gasteiger partial charge in [-0.3, -0.25) is 14.4 Å². The highest BCUT2D eigenvalue weighted by atomic mass is 32.2. The number of nitrogens with one attached hydrogen (secondary N) is 3. The first-order valence-corrected chi connectivity index (χ1v) is 16.0. The van der Waals surface area contributed by atoms with E-state index in [-0.39, 0.29) is 61.0 Å². The van der Waals surface area contributed by atoms with Crippen molar-refractivity contribution < 1.29 is 31.6 Å². The van der Waals surface area contributed by atoms with Gasteiger partial charge in [-0.1, -0.05) is 13.3 Å². The Morgan fingerprint density at radius 2 is 1.79 bits per heavy atom. The molecule has 0 aromatic heterocycles. The van der Waals surface area contributed by atoms with Crippen molar-refractivity contribution in [2.75, 3.05) is 38.0 Å². The number of carbonyl (C=O) groups excluding carboxylic acids is 3. The molecule has 2 aliphatic heterocycles. The van der Waals surface area contributed by atoms with Crippen LogP contribution in [0.5, 0.6) is 0 Å². The standard InChI is InChI=1S/C30H39F2N5O5S/c1-3-4-10-36-18-22(15-29(36)39)30(40)35-26(14-21-12-23(31)16-24(32)13-21)17-27-19-37(11-9-33-27)43(41,42)28-7-5-25(6-8-28)34-20(2)38/h5-8,12-13,16,22,26-27,33H,3-4,9-11,14-15,17-19H2,1-2H3,(H,34,38)(H,35,40)/t22?,26?,27-/m0/s1. The molecule has 3 N–H and O–H groups in total. The Hall–Kier alpha value is -3.42. The molecule has 43 heavy (non-hydrogen) atoms. The number of hydrogen-bond donors (Lipinski definition) is 3. The number of likely N-dealkylation sites (tertiary alicyclic amines) is 1. The summed E-state index contributed by atoms with van der Waals surface area (Å²) in [5, 5.41) is 8.91. The van der Waals surface area contributed by atoms with Gasteiger partial charge < -0.3 is 20.9 Å². The van der Waals surface area contributed by atoms with Crippen molar-refractivity contribution >= 4 is 33.4 Å². The molecule has 13 heteroatoms. The lowest BCUT2D eigenvalue weighted by Crippen LogP contribution is -2.55. The highest BCUT2D eigenvalue weighted by Crippen LogP contribution is 2.23. The Bertz CT molecular complexity index is 1400. The number of nitrogens with zero attached hydrogens (tertiary/aromatic N) is 2. The quantitative estimate of drug-likeness (QED) is 0.335. The van der Waals surface area contributed by atoms with Crippen molar-refractivity contribution in [1.29, 1.82) is 0 Å². The van der Waals surface area contributed by atoms with E-state index in [2.05, 4.69) is 16.0 Å². The average molecular weight is 620 g/mol. The van der Waals surface area contributed by atoms with E-state index in [4.69, 9.17) is 0 Å². The maximum atomic E-state index is 14.0. The SMILES string of the molecule is CCCCN1CC(C(=O)NC(Cc2cc(F)cc(F)c2)C[C@H]2CN(S(=O)(=O)c3ccc(NC(C)=O)cc3)CCN2)CC1=O. The third-order valence-corrected chi connectivity index (χ3v) is 9.60. The van der Waals surface area contributed by atoms with E-state index >= 15 is 0 Å². The molecule has 4 rings (SSSR count). The maximum absolute atomic E-state index is 14.0. The predicted octanol–water partition coefficient (Wildman–Crippen LogP) is 2.65. The zero-order chi connectivity index (χ0) is 31.1. The summed E-state index contributed by atoms with van der Waals surface area (Å²) >= 11 is 0. The number of sulfonamides is 1. The van der Waals surface area contributed by atoms with Gasteiger partial charge in [-0.05, 0) is 61.2 Å². The van der Waals surface area contributed by atoms with Crippen LogP contribution < -0.4 is 16.0 Å². The molecule has 2 saturated heterocycles. The van der Waals surface area contributed by atoms with Crippen LogP contribution in [-0.2, 0) is 30.8 Å². The minimum atomic E-state index is -3.85. The highest BCUT2D eigenvalue weighted by Gasteiger charge is 2.36. The topological polar surface area (TPSA) is 128 Å². The Balaban J connectivity index is 1.47. The number of benzene rings is 2. The summed E-state index contributed by atoms with van der Waals surface area (Å²) in [4.78, 5) is 38.8. The van der Waals surface area contributed by atoms with E-state index < -0.39 is 33.6 Å². The van der Waals surface area contributed by atoms with Crippen molar-refractivity contribution in [3.05, 3.63) is 59.7 Å². The van der Waals surface area contributed by atoms with Gasteiger partial charge in [0.25, 0.3) is 0 Å². The summed E-state index contributed by atoms with van der Waals surface area (Å²) in [6.45, 7) is 5.02. The average Bonchev–Trinajstić information content (AvgIpc) is 3.31. The molecular formula is C30H39F2N5O5S. The van der Waals surface area contributed by atoms with Crippen LogP contribution in [-0.4, -0.2) is 80.2 Å². The molecule has 234 valence electrons. The molecule has 0 bridgehead atoms. The third-order valence-electron chi connectivity index (χ3n) is 7.72. The van der Waals surface area contributed by atoms with Crippen LogP contribution in [0.25, 0.3) is 0 Å². The molecule has 2 aromatic carbocycles. The number of anilines is 1. The molecule has 0 saturated carbocycles. The van der Waals surface area contributed by atoms with Crippen molar-refractivity contribution in [2.24, 2.45) is 5.92 Å². The lowest BCUT2D eigenvalue weighted by molar-refractivity contribution is -0.129. The van der Waals surface area contributed by atoms with E-state index in [0.29, 0.717) is 30.9 Å². The van der Waals surface area contributed by atoms with Crippen LogP contribution in [0.15, 0.2) is 47.4 Å². The molecule has 3 amide bonds. The van der Waals surface area contributed by atoms with Gasteiger partial charge in [0, 0.05) is 69.9 Å². The summed E-state index contributed by atoms with van der Waals surface area (Å²) in [5.74, 6) is -2.65. The van der Waals surface area contributed by atoms with Crippen molar-refractivity contribution in [2.45, 2.75) is 62.9 Å². The minimum Gasteiger partial charge on any atom is -0.353 e. The molecule has 2 aromatic rings. The second-order valence-corrected chi connectivity index (χ2v) is 13.2. The van der Waals surface area contributed by atoms with Gasteiger partial charge in [-0.15, -0.1) is 0 Å². The molecule has 2 aliphatic rings. The van der Waals surface area contributed by atoms with Gasteiger partial charge in [0.05, 0.1) is 10.8 Å². The molecule has 2 unspecified atom stereocenters. The molecule has 3 atom stereocenters. The fourth-order valence-electron chi connectivity index (χ4n) is 5.62. The van der Waals surface area contributed by atoms with Crippen LogP contribution in [0, 0.1) is 17.6 Å². The van der Waals surface area contributed by atoms with Crippen LogP contribution in [0.3, 0.4) is 0 Å². The third kappa shape index (κ3) is 8.80. The monoisotopic (exact) mass is 619 g/mol. The summed E-state index contributed by atoms with van der Waals surface area (Å²) < 4.78 is 56.2. The first-order chi connectivity index (χ1) is 20.4. The van der Waals surface area contributed by atoms with Gasteiger partial charge in [-0.25, -0.2) is 17.2 Å². The molecule has 2 fully saturated rings. The first kappa shape index (κ1) is 32.5. The zero-order valence-electron chi connectivity index (χ0n) is 24.4. The highest BCUT2D eigenvalue weighted by molar-refractivity contribution is 7.89. The molecule has 0 aliphatic carbocycles. The number of hydrogen-bond acceptors (Lipinski definition) is 6. The van der Waals surface area contributed by atoms with Crippen molar-refractivity contribution in [3.8, 4) is 0 Å². The van der Waals surface area contributed by atoms with Gasteiger partial charge in [0.2, 0.25) is 27.7 Å². The number of unbranched alkanes of at least 4 members (excludes halogenated alkanes) is 1. The van der Waals surface area contributed by atoms with E-state index in [0.717, 1.165) is 18.9 Å². The molecule has 0 spiro atoms. The van der Waals surface area contributed by atoms with Gasteiger partial charge >= 0.3 is 0 Å². The Morgan fingerprint density at radius 1 is 1.09 bits per heavy atom. The zero-order valence-corrected chi connectivity index (χ0v) is 25.3. The van der Waals surface area contributed by atoms with Gasteiger partial charge in [0.15, 0.2) is 0 Å². The molecular weight excluding hydrogens is 580 g/mol. The lowest BCUT2D eigenvalue weighted by Gasteiger charge is -2.35. The van der Waals surface area contributed by atoms with Crippen LogP contribution in [0.1, 0.15) is 45.1 Å². The van der Waals surface area contributed by atoms with Crippen LogP contribution in [0.4, 0.5) is 14.5 Å². The Labute approximate surface area is 251 Å². The second-order valence-electron chi connectivity index (χ2n) is 11.2. The van der Waals surface area contributed by atoms with Gasteiger partial charge in [-0.2, -0.15) is 4.31 Å². The normalized spacial score (nSPS) is 20.2. The second kappa shape index (κ2) is 14.4. The molecule has 10 nitrogen and oxygen atoms in total. The predicted molar refractivity (Wildman–Crippen MR) is 157 cm³/mol. The Kier molecular flexibility index (Phi) is 10.9. The maximum Gasteiger partial charge on any atom is 0.243 e. The van der Waals surface area contributed by atoms with Gasteiger partial charge in [0.1, 0.15) is 11.6 Å². The lowest BCUT2D eigenvalue weighted by atomic mass is 9.97. The summed E-state index contributed by atoms with van der Waals surface area (Å²) in [7, 11) is -3.85. The number of carbonyl (C=O) groups is 3. The first-order valence-electron chi connectivity index (χ1n) is 14.6. The van der Waals surface area contributed by atoms with E-state index in [1.54, 1.807) is 4.90 Å². The number of amides is 3. The summed E-state index contributed by atoms with van der Waals surface area (Å²) in [6, 6.07) is 8.18. The number of piperazine rings is 1. The van der Waals surface area contributed by atoms with Crippen LogP contribution in [0.2, 0.25) is 0 Å². The largest absolute Gasteiger partial charge is 0.353 e. The van der Waals surface area contributed by atoms with E-state index in [1.807, 2.05) is 6.92 Å². The van der Waals surface area contributed by atoms with E-state index in [9.17, 15) is 31.6 Å². The fraction of sp³-hybridized carbons (Fsp3) is 0.500. The number of rotatable bonds is 12. The number of halogens is 2.